The van der Waals surface area contributed by atoms with E-state index < -0.39 is 17.6 Å². The van der Waals surface area contributed by atoms with Crippen LogP contribution in [0, 0.1) is 6.92 Å². The number of aliphatic hydroxyl groups excluding tert-OH is 1. The maximum atomic E-state index is 13.7. The van der Waals surface area contributed by atoms with Gasteiger partial charge in [0.2, 0.25) is 11.8 Å². The number of hydrogen-bond acceptors (Lipinski definition) is 7. The highest BCUT2D eigenvalue weighted by molar-refractivity contribution is 6.01. The number of anilines is 2. The van der Waals surface area contributed by atoms with Gasteiger partial charge in [-0.25, -0.2) is 4.98 Å². The summed E-state index contributed by atoms with van der Waals surface area (Å²) < 4.78 is 46.6. The number of aromatic nitrogens is 2. The van der Waals surface area contributed by atoms with Crippen molar-refractivity contribution in [1.29, 1.82) is 0 Å². The molecule has 0 radical (unpaired) electrons. The minimum atomic E-state index is -4.80. The Morgan fingerprint density at radius 2 is 2.03 bits per heavy atom. The highest BCUT2D eigenvalue weighted by atomic mass is 19.4. The molecule has 0 unspecified atom stereocenters. The van der Waals surface area contributed by atoms with Gasteiger partial charge in [0.15, 0.2) is 0 Å². The normalized spacial score (nSPS) is 12.9. The van der Waals surface area contributed by atoms with Gasteiger partial charge in [-0.15, -0.1) is 0 Å². The first-order valence-corrected chi connectivity index (χ1v) is 10.8. The molecular formula is C24H22F3N5O4. The van der Waals surface area contributed by atoms with E-state index in [0.29, 0.717) is 35.1 Å². The van der Waals surface area contributed by atoms with Crippen LogP contribution in [-0.2, 0) is 12.7 Å². The van der Waals surface area contributed by atoms with Crippen molar-refractivity contribution in [3.05, 3.63) is 70.4 Å². The average molecular weight is 501 g/mol. The van der Waals surface area contributed by atoms with Crippen molar-refractivity contribution >= 4 is 23.5 Å². The first-order chi connectivity index (χ1) is 17.1. The van der Waals surface area contributed by atoms with Crippen molar-refractivity contribution in [1.82, 2.24) is 20.2 Å². The summed E-state index contributed by atoms with van der Waals surface area (Å²) in [5.74, 6) is -1.70. The van der Waals surface area contributed by atoms with Gasteiger partial charge in [0.25, 0.3) is 11.8 Å². The maximum Gasteiger partial charge on any atom is 0.423 e. The van der Waals surface area contributed by atoms with E-state index in [-0.39, 0.29) is 42.2 Å². The van der Waals surface area contributed by atoms with Crippen molar-refractivity contribution in [2.75, 3.05) is 25.5 Å². The van der Waals surface area contributed by atoms with Gasteiger partial charge in [0, 0.05) is 37.6 Å². The standard InChI is InChI=1S/C24H22F3N5O4/c1-13-10-14(20(34)28-8-9-33)6-7-17(13)30-23-29-11-16(24(25,26)27)21(31-23)36-18-5-3-4-15-12-32(2)22(35)19(15)18/h3-7,10-11,33H,8-9,12H2,1-2H3,(H,28,34)(H,29,30,31). The van der Waals surface area contributed by atoms with Crippen LogP contribution < -0.4 is 15.4 Å². The summed E-state index contributed by atoms with van der Waals surface area (Å²) in [6.07, 6.45) is -4.19. The Kier molecular flexibility index (Phi) is 6.80. The summed E-state index contributed by atoms with van der Waals surface area (Å²) in [5, 5.41) is 14.2. The lowest BCUT2D eigenvalue weighted by atomic mass is 10.1. The van der Waals surface area contributed by atoms with Gasteiger partial charge in [-0.3, -0.25) is 9.59 Å². The second kappa shape index (κ2) is 9.82. The quantitative estimate of drug-likeness (QED) is 0.453. The molecule has 1 aliphatic heterocycles. The molecule has 2 heterocycles. The Bertz CT molecular complexity index is 1330. The zero-order valence-corrected chi connectivity index (χ0v) is 19.3. The lowest BCUT2D eigenvalue weighted by molar-refractivity contribution is -0.139. The number of carbonyl (C=O) groups is 2. The predicted octanol–water partition coefficient (Wildman–Crippen LogP) is 3.65. The number of nitrogens with one attached hydrogen (secondary N) is 2. The fourth-order valence-corrected chi connectivity index (χ4v) is 3.69. The average Bonchev–Trinajstić information content (AvgIpc) is 3.12. The zero-order valence-electron chi connectivity index (χ0n) is 19.3. The molecule has 188 valence electrons. The summed E-state index contributed by atoms with van der Waals surface area (Å²) in [6, 6.07) is 9.36. The molecule has 3 N–H and O–H groups in total. The second-order valence-corrected chi connectivity index (χ2v) is 8.10. The number of fused-ring (bicyclic) bond motifs is 1. The van der Waals surface area contributed by atoms with E-state index in [1.807, 2.05) is 0 Å². The number of hydrogen-bond donors (Lipinski definition) is 3. The third kappa shape index (κ3) is 5.08. The fraction of sp³-hybridized carbons (Fsp3) is 0.250. The van der Waals surface area contributed by atoms with Gasteiger partial charge < -0.3 is 25.4 Å². The molecule has 1 aliphatic rings. The molecule has 2 aromatic carbocycles. The van der Waals surface area contributed by atoms with Crippen molar-refractivity contribution in [3.63, 3.8) is 0 Å². The minimum Gasteiger partial charge on any atom is -0.437 e. The van der Waals surface area contributed by atoms with Crippen LogP contribution in [0.3, 0.4) is 0 Å². The van der Waals surface area contributed by atoms with Gasteiger partial charge in [-0.1, -0.05) is 12.1 Å². The first-order valence-electron chi connectivity index (χ1n) is 10.8. The highest BCUT2D eigenvalue weighted by Crippen LogP contribution is 2.39. The van der Waals surface area contributed by atoms with Gasteiger partial charge in [0.1, 0.15) is 11.3 Å². The highest BCUT2D eigenvalue weighted by Gasteiger charge is 2.37. The number of amides is 2. The Balaban J connectivity index is 1.65. The van der Waals surface area contributed by atoms with Crippen LogP contribution in [0.1, 0.15) is 37.4 Å². The summed E-state index contributed by atoms with van der Waals surface area (Å²) in [4.78, 5) is 33.7. The largest absolute Gasteiger partial charge is 0.437 e. The van der Waals surface area contributed by atoms with E-state index in [9.17, 15) is 22.8 Å². The number of halogens is 3. The molecule has 12 heteroatoms. The van der Waals surface area contributed by atoms with E-state index in [0.717, 1.165) is 0 Å². The number of rotatable bonds is 7. The molecule has 2 amide bonds. The van der Waals surface area contributed by atoms with Crippen LogP contribution in [0.25, 0.3) is 0 Å². The van der Waals surface area contributed by atoms with Crippen molar-refractivity contribution < 1.29 is 32.6 Å². The van der Waals surface area contributed by atoms with Crippen LogP contribution in [0.5, 0.6) is 11.6 Å². The first kappa shape index (κ1) is 24.9. The van der Waals surface area contributed by atoms with Crippen LogP contribution in [0.2, 0.25) is 0 Å². The lowest BCUT2D eigenvalue weighted by Crippen LogP contribution is -2.26. The molecule has 4 rings (SSSR count). The van der Waals surface area contributed by atoms with E-state index >= 15 is 0 Å². The molecule has 0 saturated heterocycles. The SMILES string of the molecule is Cc1cc(C(=O)NCCO)ccc1Nc1ncc(C(F)(F)F)c(Oc2cccc3c2C(=O)N(C)C3)n1. The Morgan fingerprint density at radius 1 is 1.25 bits per heavy atom. The lowest BCUT2D eigenvalue weighted by Gasteiger charge is -2.16. The molecule has 0 atom stereocenters. The number of carbonyl (C=O) groups excluding carboxylic acids is 2. The summed E-state index contributed by atoms with van der Waals surface area (Å²) in [6.45, 7) is 1.92. The van der Waals surface area contributed by atoms with Crippen LogP contribution >= 0.6 is 0 Å². The number of nitrogens with zero attached hydrogens (tertiary/aromatic N) is 3. The van der Waals surface area contributed by atoms with Crippen LogP contribution in [0.4, 0.5) is 24.8 Å². The Hall–Kier alpha value is -4.19. The molecule has 0 fully saturated rings. The second-order valence-electron chi connectivity index (χ2n) is 8.10. The number of alkyl halides is 3. The van der Waals surface area contributed by atoms with Crippen LogP contribution in [-0.4, -0.2) is 52.0 Å². The Labute approximate surface area is 203 Å². The van der Waals surface area contributed by atoms with Gasteiger partial charge >= 0.3 is 6.18 Å². The van der Waals surface area contributed by atoms with Crippen molar-refractivity contribution in [3.8, 4) is 11.6 Å². The smallest absolute Gasteiger partial charge is 0.423 e. The Morgan fingerprint density at radius 3 is 2.72 bits per heavy atom. The predicted molar refractivity (Wildman–Crippen MR) is 123 cm³/mol. The third-order valence-electron chi connectivity index (χ3n) is 5.48. The van der Waals surface area contributed by atoms with E-state index in [1.165, 1.54) is 17.0 Å². The van der Waals surface area contributed by atoms with Gasteiger partial charge in [-0.2, -0.15) is 18.2 Å². The molecular weight excluding hydrogens is 479 g/mol. The van der Waals surface area contributed by atoms with Crippen molar-refractivity contribution in [2.24, 2.45) is 0 Å². The monoisotopic (exact) mass is 501 g/mol. The van der Waals surface area contributed by atoms with E-state index in [4.69, 9.17) is 9.84 Å². The van der Waals surface area contributed by atoms with Gasteiger partial charge in [0.05, 0.1) is 12.2 Å². The molecule has 0 bridgehead atoms. The molecule has 1 aromatic heterocycles. The number of benzene rings is 2. The fourth-order valence-electron chi connectivity index (χ4n) is 3.69. The minimum absolute atomic E-state index is 0.0357. The summed E-state index contributed by atoms with van der Waals surface area (Å²) in [7, 11) is 1.59. The molecule has 0 spiro atoms. The summed E-state index contributed by atoms with van der Waals surface area (Å²) in [5.41, 5.74) is 1.03. The molecule has 36 heavy (non-hydrogen) atoms. The maximum absolute atomic E-state index is 13.7. The number of ether oxygens (including phenoxy) is 1. The molecule has 9 nitrogen and oxygen atoms in total. The van der Waals surface area contributed by atoms with Crippen LogP contribution in [0.15, 0.2) is 42.6 Å². The van der Waals surface area contributed by atoms with E-state index in [2.05, 4.69) is 20.6 Å². The van der Waals surface area contributed by atoms with Crippen molar-refractivity contribution in [2.45, 2.75) is 19.6 Å². The molecule has 3 aromatic rings. The van der Waals surface area contributed by atoms with Gasteiger partial charge in [-0.05, 0) is 42.3 Å². The van der Waals surface area contributed by atoms with E-state index in [1.54, 1.807) is 38.2 Å². The third-order valence-corrected chi connectivity index (χ3v) is 5.48. The number of aryl methyl sites for hydroxylation is 1. The summed E-state index contributed by atoms with van der Waals surface area (Å²) >= 11 is 0. The molecule has 0 aliphatic carbocycles. The zero-order chi connectivity index (χ0) is 26.0. The number of aliphatic hydroxyl groups is 1. The topological polar surface area (TPSA) is 117 Å². The molecule has 0 saturated carbocycles.